The van der Waals surface area contributed by atoms with E-state index in [1.54, 1.807) is 0 Å². The first kappa shape index (κ1) is 15.1. The van der Waals surface area contributed by atoms with E-state index in [-0.39, 0.29) is 6.04 Å². The van der Waals surface area contributed by atoms with Crippen LogP contribution in [0.5, 0.6) is 0 Å². The van der Waals surface area contributed by atoms with E-state index in [0.717, 1.165) is 53.9 Å². The summed E-state index contributed by atoms with van der Waals surface area (Å²) in [4.78, 5) is 19.7. The highest BCUT2D eigenvalue weighted by atomic mass is 32.1. The summed E-state index contributed by atoms with van der Waals surface area (Å²) in [6.45, 7) is 3.89. The maximum Gasteiger partial charge on any atom is 0.260 e. The van der Waals surface area contributed by atoms with Crippen molar-refractivity contribution in [2.75, 3.05) is 23.7 Å². The Morgan fingerprint density at radius 2 is 2.14 bits per heavy atom. The average molecular weight is 319 g/mol. The molecule has 2 aromatic heterocycles. The van der Waals surface area contributed by atoms with Gasteiger partial charge in [0.15, 0.2) is 0 Å². The van der Waals surface area contributed by atoms with Gasteiger partial charge in [0.25, 0.3) is 5.91 Å². The third kappa shape index (κ3) is 2.50. The van der Waals surface area contributed by atoms with Crippen molar-refractivity contribution in [3.8, 4) is 0 Å². The minimum atomic E-state index is -0.493. The lowest BCUT2D eigenvalue weighted by atomic mass is 10.0. The second kappa shape index (κ2) is 5.73. The van der Waals surface area contributed by atoms with Gasteiger partial charge in [0, 0.05) is 24.5 Å². The monoisotopic (exact) mass is 319 g/mol. The standard InChI is InChI=1S/C15H21N5OS/c1-2-8-7-10(20-5-3-9(16)4-6-20)19-15-11(8)12(17)13(22-15)14(18)21/h7,9H,2-6,16-17H2,1H3,(H2,18,21). The van der Waals surface area contributed by atoms with Gasteiger partial charge in [0.05, 0.1) is 5.69 Å². The van der Waals surface area contributed by atoms with Gasteiger partial charge in [-0.3, -0.25) is 4.79 Å². The van der Waals surface area contributed by atoms with E-state index in [1.807, 2.05) is 0 Å². The molecular formula is C15H21N5OS. The molecule has 0 aromatic carbocycles. The van der Waals surface area contributed by atoms with Gasteiger partial charge in [-0.15, -0.1) is 11.3 Å². The summed E-state index contributed by atoms with van der Waals surface area (Å²) >= 11 is 1.28. The Morgan fingerprint density at radius 1 is 1.45 bits per heavy atom. The first-order chi connectivity index (χ1) is 10.5. The third-order valence-corrected chi connectivity index (χ3v) is 5.35. The number of nitrogens with two attached hydrogens (primary N) is 3. The van der Waals surface area contributed by atoms with Crippen molar-refractivity contribution in [2.24, 2.45) is 11.5 Å². The number of pyridine rings is 1. The number of rotatable bonds is 3. The van der Waals surface area contributed by atoms with E-state index in [4.69, 9.17) is 22.2 Å². The van der Waals surface area contributed by atoms with Crippen molar-refractivity contribution in [1.82, 2.24) is 4.98 Å². The number of aromatic nitrogens is 1. The van der Waals surface area contributed by atoms with Gasteiger partial charge in [-0.2, -0.15) is 0 Å². The summed E-state index contributed by atoms with van der Waals surface area (Å²) in [5.41, 5.74) is 19.0. The molecule has 1 saturated heterocycles. The minimum Gasteiger partial charge on any atom is -0.397 e. The number of primary amides is 1. The molecule has 0 aliphatic carbocycles. The van der Waals surface area contributed by atoms with Crippen LogP contribution in [-0.2, 0) is 6.42 Å². The lowest BCUT2D eigenvalue weighted by Gasteiger charge is -2.31. The van der Waals surface area contributed by atoms with E-state index in [1.165, 1.54) is 11.3 Å². The van der Waals surface area contributed by atoms with Crippen molar-refractivity contribution in [2.45, 2.75) is 32.2 Å². The Bertz CT molecular complexity index is 718. The van der Waals surface area contributed by atoms with Gasteiger partial charge < -0.3 is 22.1 Å². The Balaban J connectivity index is 2.08. The van der Waals surface area contributed by atoms with Crippen LogP contribution in [0.1, 0.15) is 35.0 Å². The molecule has 2 aromatic rings. The minimum absolute atomic E-state index is 0.282. The molecule has 1 amide bonds. The molecule has 0 spiro atoms. The number of thiophene rings is 1. The highest BCUT2D eigenvalue weighted by Gasteiger charge is 2.22. The summed E-state index contributed by atoms with van der Waals surface area (Å²) in [7, 11) is 0. The van der Waals surface area contributed by atoms with Crippen LogP contribution in [0.2, 0.25) is 0 Å². The van der Waals surface area contributed by atoms with Crippen LogP contribution in [0.15, 0.2) is 6.07 Å². The number of hydrogen-bond acceptors (Lipinski definition) is 6. The lowest BCUT2D eigenvalue weighted by Crippen LogP contribution is -2.40. The zero-order valence-corrected chi connectivity index (χ0v) is 13.4. The fourth-order valence-corrected chi connectivity index (χ4v) is 3.93. The molecule has 0 bridgehead atoms. The number of hydrogen-bond donors (Lipinski definition) is 3. The molecule has 3 rings (SSSR count). The number of carbonyl (C=O) groups is 1. The second-order valence-electron chi connectivity index (χ2n) is 5.71. The fourth-order valence-electron chi connectivity index (χ4n) is 2.94. The summed E-state index contributed by atoms with van der Waals surface area (Å²) in [5, 5.41) is 0.874. The van der Waals surface area contributed by atoms with Crippen molar-refractivity contribution in [3.05, 3.63) is 16.5 Å². The molecule has 22 heavy (non-hydrogen) atoms. The molecule has 3 heterocycles. The molecule has 0 radical (unpaired) electrons. The molecular weight excluding hydrogens is 298 g/mol. The molecule has 6 nitrogen and oxygen atoms in total. The van der Waals surface area contributed by atoms with Gasteiger partial charge in [0.1, 0.15) is 15.5 Å². The molecule has 1 aliphatic rings. The largest absolute Gasteiger partial charge is 0.397 e. The molecule has 0 atom stereocenters. The fraction of sp³-hybridized carbons (Fsp3) is 0.467. The maximum atomic E-state index is 11.5. The van der Waals surface area contributed by atoms with Crippen molar-refractivity contribution in [1.29, 1.82) is 0 Å². The predicted octanol–water partition coefficient (Wildman–Crippen LogP) is 1.47. The molecule has 6 N–H and O–H groups in total. The number of amides is 1. The number of carbonyl (C=O) groups excluding carboxylic acids is 1. The van der Waals surface area contributed by atoms with Crippen LogP contribution in [0.3, 0.4) is 0 Å². The van der Waals surface area contributed by atoms with Crippen LogP contribution in [-0.4, -0.2) is 30.0 Å². The normalized spacial score (nSPS) is 16.4. The summed E-state index contributed by atoms with van der Waals surface area (Å²) < 4.78 is 0. The van der Waals surface area contributed by atoms with Crippen molar-refractivity contribution in [3.63, 3.8) is 0 Å². The summed E-state index contributed by atoms with van der Waals surface area (Å²) in [6, 6.07) is 2.36. The molecule has 118 valence electrons. The molecule has 7 heteroatoms. The van der Waals surface area contributed by atoms with E-state index in [0.29, 0.717) is 10.6 Å². The first-order valence-corrected chi connectivity index (χ1v) is 8.35. The van der Waals surface area contributed by atoms with Crippen molar-refractivity contribution >= 4 is 39.0 Å². The Morgan fingerprint density at radius 3 is 2.73 bits per heavy atom. The van der Waals surface area contributed by atoms with Crippen LogP contribution < -0.4 is 22.1 Å². The van der Waals surface area contributed by atoms with E-state index >= 15 is 0 Å². The smallest absolute Gasteiger partial charge is 0.260 e. The van der Waals surface area contributed by atoms with Gasteiger partial charge in [-0.1, -0.05) is 6.92 Å². The number of anilines is 2. The van der Waals surface area contributed by atoms with E-state index < -0.39 is 5.91 Å². The van der Waals surface area contributed by atoms with Crippen LogP contribution >= 0.6 is 11.3 Å². The zero-order chi connectivity index (χ0) is 15.9. The van der Waals surface area contributed by atoms with Crippen LogP contribution in [0.25, 0.3) is 10.2 Å². The average Bonchev–Trinajstić information content (AvgIpc) is 2.84. The summed E-state index contributed by atoms with van der Waals surface area (Å²) in [6.07, 6.45) is 2.78. The quantitative estimate of drug-likeness (QED) is 0.793. The topological polar surface area (TPSA) is 111 Å². The van der Waals surface area contributed by atoms with Gasteiger partial charge in [0.2, 0.25) is 0 Å². The molecule has 1 fully saturated rings. The molecule has 0 saturated carbocycles. The number of aryl methyl sites for hydroxylation is 1. The number of nitrogen functional groups attached to an aromatic ring is 1. The maximum absolute atomic E-state index is 11.5. The summed E-state index contributed by atoms with van der Waals surface area (Å²) in [5.74, 6) is 0.446. The molecule has 0 unspecified atom stereocenters. The lowest BCUT2D eigenvalue weighted by molar-refractivity contribution is 0.100. The number of piperidine rings is 1. The Labute approximate surface area is 133 Å². The Hall–Kier alpha value is -1.86. The Kier molecular flexibility index (Phi) is 3.92. The van der Waals surface area contributed by atoms with E-state index in [9.17, 15) is 4.79 Å². The third-order valence-electron chi connectivity index (χ3n) is 4.24. The highest BCUT2D eigenvalue weighted by molar-refractivity contribution is 7.21. The van der Waals surface area contributed by atoms with Gasteiger partial charge in [-0.25, -0.2) is 4.98 Å². The second-order valence-corrected chi connectivity index (χ2v) is 6.71. The number of fused-ring (bicyclic) bond motifs is 1. The SMILES string of the molecule is CCc1cc(N2CCC(N)CC2)nc2sc(C(N)=O)c(N)c12. The van der Waals surface area contributed by atoms with E-state index in [2.05, 4.69) is 17.9 Å². The highest BCUT2D eigenvalue weighted by Crippen LogP contribution is 2.37. The van der Waals surface area contributed by atoms with Crippen molar-refractivity contribution < 1.29 is 4.79 Å². The zero-order valence-electron chi connectivity index (χ0n) is 12.6. The number of nitrogens with zero attached hydrogens (tertiary/aromatic N) is 2. The predicted molar refractivity (Wildman–Crippen MR) is 91.4 cm³/mol. The molecule has 1 aliphatic heterocycles. The van der Waals surface area contributed by atoms with Crippen LogP contribution in [0.4, 0.5) is 11.5 Å². The van der Waals surface area contributed by atoms with Gasteiger partial charge in [-0.05, 0) is 30.9 Å². The first-order valence-electron chi connectivity index (χ1n) is 7.53. The van der Waals surface area contributed by atoms with Crippen LogP contribution in [0, 0.1) is 0 Å². The van der Waals surface area contributed by atoms with Gasteiger partial charge >= 0.3 is 0 Å².